The van der Waals surface area contributed by atoms with Gasteiger partial charge in [-0.2, -0.15) is 0 Å². The van der Waals surface area contributed by atoms with Crippen LogP contribution in [0.2, 0.25) is 0 Å². The maximum absolute atomic E-state index is 5.74. The van der Waals surface area contributed by atoms with Gasteiger partial charge in [-0.3, -0.25) is 11.3 Å². The summed E-state index contributed by atoms with van der Waals surface area (Å²) in [6.45, 7) is 4.56. The highest BCUT2D eigenvalue weighted by Crippen LogP contribution is 2.39. The van der Waals surface area contributed by atoms with Crippen LogP contribution in [-0.4, -0.2) is 18.8 Å². The Bertz CT molecular complexity index is 211. The molecule has 3 nitrogen and oxygen atoms in total. The minimum Gasteiger partial charge on any atom is -0.378 e. The van der Waals surface area contributed by atoms with E-state index >= 15 is 0 Å². The van der Waals surface area contributed by atoms with Gasteiger partial charge in [0.25, 0.3) is 0 Å². The molecule has 0 aromatic carbocycles. The SMILES string of the molecule is CCCCC(CC)CC(CC1(OC)CCC1)NN. The van der Waals surface area contributed by atoms with E-state index in [-0.39, 0.29) is 5.60 Å². The van der Waals surface area contributed by atoms with E-state index in [2.05, 4.69) is 19.3 Å². The number of rotatable bonds is 10. The molecule has 0 aromatic heterocycles. The number of ether oxygens (including phenoxy) is 1. The van der Waals surface area contributed by atoms with E-state index in [0.717, 1.165) is 12.3 Å². The van der Waals surface area contributed by atoms with Crippen molar-refractivity contribution in [2.75, 3.05) is 7.11 Å². The molecule has 1 aliphatic carbocycles. The Morgan fingerprint density at radius 1 is 1.33 bits per heavy atom. The number of hydrogen-bond donors (Lipinski definition) is 2. The van der Waals surface area contributed by atoms with Crippen molar-refractivity contribution in [3.05, 3.63) is 0 Å². The first-order valence-corrected chi connectivity index (χ1v) is 7.71. The van der Waals surface area contributed by atoms with Gasteiger partial charge in [0.15, 0.2) is 0 Å². The molecule has 3 heteroatoms. The summed E-state index contributed by atoms with van der Waals surface area (Å²) in [5, 5.41) is 0. The standard InChI is InChI=1S/C15H32N2O/c1-4-6-8-13(5-2)11-14(17-16)12-15(18-3)9-7-10-15/h13-14,17H,4-12,16H2,1-3H3. The van der Waals surface area contributed by atoms with Crippen LogP contribution in [0.3, 0.4) is 0 Å². The van der Waals surface area contributed by atoms with Crippen molar-refractivity contribution < 1.29 is 4.74 Å². The summed E-state index contributed by atoms with van der Waals surface area (Å²) >= 11 is 0. The maximum atomic E-state index is 5.74. The minimum atomic E-state index is 0.125. The summed E-state index contributed by atoms with van der Waals surface area (Å²) in [6, 6.07) is 0.409. The molecule has 0 radical (unpaired) electrons. The molecule has 1 aliphatic rings. The summed E-state index contributed by atoms with van der Waals surface area (Å²) in [5.74, 6) is 6.55. The second-order valence-corrected chi connectivity index (χ2v) is 5.96. The fourth-order valence-electron chi connectivity index (χ4n) is 3.11. The summed E-state index contributed by atoms with van der Waals surface area (Å²) in [7, 11) is 1.85. The van der Waals surface area contributed by atoms with Gasteiger partial charge in [0.05, 0.1) is 5.60 Å². The first kappa shape index (κ1) is 15.9. The van der Waals surface area contributed by atoms with Crippen molar-refractivity contribution in [1.82, 2.24) is 5.43 Å². The molecule has 0 saturated heterocycles. The molecule has 0 heterocycles. The van der Waals surface area contributed by atoms with E-state index in [1.54, 1.807) is 0 Å². The Balaban J connectivity index is 2.39. The predicted molar refractivity (Wildman–Crippen MR) is 77.2 cm³/mol. The molecule has 1 rings (SSSR count). The van der Waals surface area contributed by atoms with Gasteiger partial charge >= 0.3 is 0 Å². The zero-order chi connectivity index (χ0) is 13.4. The van der Waals surface area contributed by atoms with Crippen LogP contribution in [0.4, 0.5) is 0 Å². The van der Waals surface area contributed by atoms with E-state index in [4.69, 9.17) is 10.6 Å². The van der Waals surface area contributed by atoms with Crippen LogP contribution in [0, 0.1) is 5.92 Å². The second kappa shape index (κ2) is 8.13. The summed E-state index contributed by atoms with van der Waals surface area (Å²) in [6.07, 6.45) is 11.2. The highest BCUT2D eigenvalue weighted by Gasteiger charge is 2.39. The molecule has 0 aromatic rings. The third-order valence-electron chi connectivity index (χ3n) is 4.71. The van der Waals surface area contributed by atoms with Gasteiger partial charge in [0.1, 0.15) is 0 Å². The largest absolute Gasteiger partial charge is 0.378 e. The Hall–Kier alpha value is -0.120. The van der Waals surface area contributed by atoms with Crippen molar-refractivity contribution >= 4 is 0 Å². The van der Waals surface area contributed by atoms with E-state index in [1.165, 1.54) is 51.4 Å². The molecular formula is C15H32N2O. The number of nitrogens with one attached hydrogen (secondary N) is 1. The zero-order valence-corrected chi connectivity index (χ0v) is 12.5. The van der Waals surface area contributed by atoms with Gasteiger partial charge in [-0.15, -0.1) is 0 Å². The lowest BCUT2D eigenvalue weighted by Crippen LogP contribution is -2.48. The van der Waals surface area contributed by atoms with E-state index in [1.807, 2.05) is 7.11 Å². The van der Waals surface area contributed by atoms with Crippen molar-refractivity contribution in [3.8, 4) is 0 Å². The number of unbranched alkanes of at least 4 members (excludes halogenated alkanes) is 1. The van der Waals surface area contributed by atoms with Crippen LogP contribution in [0.15, 0.2) is 0 Å². The van der Waals surface area contributed by atoms with Gasteiger partial charge in [0.2, 0.25) is 0 Å². The fourth-order valence-corrected chi connectivity index (χ4v) is 3.11. The highest BCUT2D eigenvalue weighted by molar-refractivity contribution is 4.93. The van der Waals surface area contributed by atoms with Gasteiger partial charge < -0.3 is 4.74 Å². The normalized spacial score (nSPS) is 21.3. The fraction of sp³-hybridized carbons (Fsp3) is 1.00. The van der Waals surface area contributed by atoms with Crippen LogP contribution < -0.4 is 11.3 Å². The Labute approximate surface area is 113 Å². The molecule has 0 bridgehead atoms. The minimum absolute atomic E-state index is 0.125. The monoisotopic (exact) mass is 256 g/mol. The number of hydrogen-bond acceptors (Lipinski definition) is 3. The lowest BCUT2D eigenvalue weighted by Gasteiger charge is -2.43. The summed E-state index contributed by atoms with van der Waals surface area (Å²) in [5.41, 5.74) is 3.15. The Morgan fingerprint density at radius 3 is 2.44 bits per heavy atom. The average Bonchev–Trinajstić information content (AvgIpc) is 2.36. The smallest absolute Gasteiger partial charge is 0.0694 e. The molecule has 18 heavy (non-hydrogen) atoms. The molecule has 108 valence electrons. The van der Waals surface area contributed by atoms with Crippen molar-refractivity contribution in [2.24, 2.45) is 11.8 Å². The first-order valence-electron chi connectivity index (χ1n) is 7.71. The lowest BCUT2D eigenvalue weighted by atomic mass is 9.74. The molecule has 0 spiro atoms. The first-order chi connectivity index (χ1) is 8.69. The third-order valence-corrected chi connectivity index (χ3v) is 4.71. The molecule has 0 amide bonds. The molecule has 0 aliphatic heterocycles. The average molecular weight is 256 g/mol. The summed E-state index contributed by atoms with van der Waals surface area (Å²) in [4.78, 5) is 0. The number of hydrazine groups is 1. The summed E-state index contributed by atoms with van der Waals surface area (Å²) < 4.78 is 5.71. The van der Waals surface area contributed by atoms with Crippen molar-refractivity contribution in [3.63, 3.8) is 0 Å². The van der Waals surface area contributed by atoms with Crippen LogP contribution >= 0.6 is 0 Å². The van der Waals surface area contributed by atoms with Crippen molar-refractivity contribution in [2.45, 2.75) is 83.3 Å². The van der Waals surface area contributed by atoms with E-state index < -0.39 is 0 Å². The quantitative estimate of drug-likeness (QED) is 0.465. The molecule has 1 saturated carbocycles. The van der Waals surface area contributed by atoms with Crippen LogP contribution in [0.5, 0.6) is 0 Å². The molecule has 2 atom stereocenters. The van der Waals surface area contributed by atoms with Crippen molar-refractivity contribution in [1.29, 1.82) is 0 Å². The van der Waals surface area contributed by atoms with Gasteiger partial charge in [-0.05, 0) is 38.0 Å². The third kappa shape index (κ3) is 4.52. The predicted octanol–water partition coefficient (Wildman–Crippen LogP) is 3.38. The zero-order valence-electron chi connectivity index (χ0n) is 12.5. The lowest BCUT2D eigenvalue weighted by molar-refractivity contribution is -0.0847. The molecule has 1 fully saturated rings. The van der Waals surface area contributed by atoms with E-state index in [9.17, 15) is 0 Å². The maximum Gasteiger partial charge on any atom is 0.0694 e. The van der Waals surface area contributed by atoms with Gasteiger partial charge in [-0.25, -0.2) is 0 Å². The number of nitrogens with two attached hydrogens (primary N) is 1. The van der Waals surface area contributed by atoms with Gasteiger partial charge in [0, 0.05) is 13.2 Å². The van der Waals surface area contributed by atoms with Crippen LogP contribution in [-0.2, 0) is 4.74 Å². The second-order valence-electron chi connectivity index (χ2n) is 5.96. The van der Waals surface area contributed by atoms with Gasteiger partial charge in [-0.1, -0.05) is 39.5 Å². The molecular weight excluding hydrogens is 224 g/mol. The van der Waals surface area contributed by atoms with Crippen LogP contribution in [0.1, 0.15) is 71.6 Å². The molecule has 2 unspecified atom stereocenters. The topological polar surface area (TPSA) is 47.3 Å². The van der Waals surface area contributed by atoms with Crippen LogP contribution in [0.25, 0.3) is 0 Å². The highest BCUT2D eigenvalue weighted by atomic mass is 16.5. The van der Waals surface area contributed by atoms with E-state index in [0.29, 0.717) is 6.04 Å². The molecule has 3 N–H and O–H groups in total. The Morgan fingerprint density at radius 2 is 2.06 bits per heavy atom. The number of methoxy groups -OCH3 is 1. The Kier molecular flexibility index (Phi) is 7.20.